The second-order valence-electron chi connectivity index (χ2n) is 5.63. The number of rotatable bonds is 6. The zero-order chi connectivity index (χ0) is 11.2. The van der Waals surface area contributed by atoms with Gasteiger partial charge in [-0.05, 0) is 44.6 Å². The minimum Gasteiger partial charge on any atom is -0.300 e. The van der Waals surface area contributed by atoms with Gasteiger partial charge in [-0.1, -0.05) is 41.6 Å². The van der Waals surface area contributed by atoms with E-state index in [1.165, 1.54) is 76.2 Å². The van der Waals surface area contributed by atoms with Crippen molar-refractivity contribution in [2.75, 3.05) is 18.4 Å². The normalized spacial score (nSPS) is 23.6. The van der Waals surface area contributed by atoms with E-state index < -0.39 is 0 Å². The number of hydrogen-bond donors (Lipinski definition) is 0. The van der Waals surface area contributed by atoms with Gasteiger partial charge in [-0.15, -0.1) is 0 Å². The summed E-state index contributed by atoms with van der Waals surface area (Å²) in [5.74, 6) is 1.02. The molecular formula is C14H26BrN. The van der Waals surface area contributed by atoms with Crippen molar-refractivity contribution < 1.29 is 0 Å². The summed E-state index contributed by atoms with van der Waals surface area (Å²) in [4.78, 5) is 2.81. The summed E-state index contributed by atoms with van der Waals surface area (Å²) in [7, 11) is 0. The average molecular weight is 288 g/mol. The molecule has 0 aliphatic heterocycles. The van der Waals surface area contributed by atoms with Crippen LogP contribution in [-0.4, -0.2) is 29.4 Å². The van der Waals surface area contributed by atoms with Gasteiger partial charge in [0.2, 0.25) is 0 Å². The van der Waals surface area contributed by atoms with Crippen LogP contribution in [0.3, 0.4) is 0 Å². The monoisotopic (exact) mass is 287 g/mol. The second kappa shape index (κ2) is 7.00. The number of nitrogens with zero attached hydrogens (tertiary/aromatic N) is 1. The van der Waals surface area contributed by atoms with Gasteiger partial charge in [0, 0.05) is 17.9 Å². The predicted octanol–water partition coefficient (Wildman–Crippen LogP) is 4.21. The Morgan fingerprint density at radius 2 is 1.69 bits per heavy atom. The van der Waals surface area contributed by atoms with Crippen LogP contribution in [0.2, 0.25) is 0 Å². The van der Waals surface area contributed by atoms with Gasteiger partial charge in [-0.2, -0.15) is 0 Å². The SMILES string of the molecule is BrCCCN(CC1CCCCC1)C1CCC1. The van der Waals surface area contributed by atoms with Gasteiger partial charge >= 0.3 is 0 Å². The predicted molar refractivity (Wildman–Crippen MR) is 74.2 cm³/mol. The van der Waals surface area contributed by atoms with E-state index in [0.29, 0.717) is 0 Å². The molecule has 1 nitrogen and oxygen atoms in total. The Kier molecular flexibility index (Phi) is 5.64. The molecule has 0 spiro atoms. The minimum atomic E-state index is 0.945. The van der Waals surface area contributed by atoms with E-state index in [1.807, 2.05) is 0 Å². The van der Waals surface area contributed by atoms with E-state index in [1.54, 1.807) is 0 Å². The number of hydrogen-bond acceptors (Lipinski definition) is 1. The third-order valence-electron chi connectivity index (χ3n) is 4.39. The molecule has 0 atom stereocenters. The Morgan fingerprint density at radius 3 is 2.25 bits per heavy atom. The lowest BCUT2D eigenvalue weighted by Gasteiger charge is -2.40. The lowest BCUT2D eigenvalue weighted by Crippen LogP contribution is -2.43. The molecule has 0 bridgehead atoms. The maximum atomic E-state index is 3.57. The van der Waals surface area contributed by atoms with Crippen LogP contribution >= 0.6 is 15.9 Å². The Morgan fingerprint density at radius 1 is 0.938 bits per heavy atom. The van der Waals surface area contributed by atoms with Crippen LogP contribution < -0.4 is 0 Å². The molecule has 2 saturated carbocycles. The van der Waals surface area contributed by atoms with Crippen LogP contribution in [0.4, 0.5) is 0 Å². The zero-order valence-electron chi connectivity index (χ0n) is 10.5. The molecule has 0 unspecified atom stereocenters. The molecule has 2 aliphatic carbocycles. The van der Waals surface area contributed by atoms with Crippen molar-refractivity contribution in [3.63, 3.8) is 0 Å². The topological polar surface area (TPSA) is 3.24 Å². The molecule has 0 radical (unpaired) electrons. The second-order valence-corrected chi connectivity index (χ2v) is 6.42. The molecule has 16 heavy (non-hydrogen) atoms. The van der Waals surface area contributed by atoms with Gasteiger partial charge in [0.25, 0.3) is 0 Å². The molecule has 0 heterocycles. The highest BCUT2D eigenvalue weighted by Gasteiger charge is 2.26. The van der Waals surface area contributed by atoms with E-state index in [9.17, 15) is 0 Å². The summed E-state index contributed by atoms with van der Waals surface area (Å²) in [5.41, 5.74) is 0. The molecule has 0 aromatic heterocycles. The first kappa shape index (κ1) is 12.9. The van der Waals surface area contributed by atoms with E-state index in [0.717, 1.165) is 12.0 Å². The van der Waals surface area contributed by atoms with Crippen LogP contribution in [0.5, 0.6) is 0 Å². The van der Waals surface area contributed by atoms with Crippen LogP contribution in [0, 0.1) is 5.92 Å². The van der Waals surface area contributed by atoms with Crippen LogP contribution in [-0.2, 0) is 0 Å². The maximum absolute atomic E-state index is 3.57. The molecule has 2 aliphatic rings. The zero-order valence-corrected chi connectivity index (χ0v) is 12.1. The van der Waals surface area contributed by atoms with Crippen molar-refractivity contribution in [2.24, 2.45) is 5.92 Å². The maximum Gasteiger partial charge on any atom is 0.00953 e. The number of alkyl halides is 1. The fourth-order valence-corrected chi connectivity index (χ4v) is 3.39. The summed E-state index contributed by atoms with van der Waals surface area (Å²) >= 11 is 3.57. The lowest BCUT2D eigenvalue weighted by atomic mass is 9.86. The third kappa shape index (κ3) is 3.73. The lowest BCUT2D eigenvalue weighted by molar-refractivity contribution is 0.0978. The molecule has 0 amide bonds. The first-order valence-corrected chi connectivity index (χ1v) is 8.32. The number of halogens is 1. The molecular weight excluding hydrogens is 262 g/mol. The van der Waals surface area contributed by atoms with Crippen LogP contribution in [0.25, 0.3) is 0 Å². The Hall–Kier alpha value is 0.440. The standard InChI is InChI=1S/C14H26BrN/c15-10-5-11-16(14-8-4-9-14)12-13-6-2-1-3-7-13/h13-14H,1-12H2. The molecule has 2 fully saturated rings. The molecule has 0 saturated heterocycles. The molecule has 2 rings (SSSR count). The van der Waals surface area contributed by atoms with Gasteiger partial charge in [0.05, 0.1) is 0 Å². The summed E-state index contributed by atoms with van der Waals surface area (Å²) in [6.45, 7) is 2.73. The highest BCUT2D eigenvalue weighted by Crippen LogP contribution is 2.29. The Balaban J connectivity index is 1.75. The van der Waals surface area contributed by atoms with Crippen LogP contribution in [0.1, 0.15) is 57.8 Å². The van der Waals surface area contributed by atoms with E-state index in [4.69, 9.17) is 0 Å². The fraction of sp³-hybridized carbons (Fsp3) is 1.00. The van der Waals surface area contributed by atoms with Gasteiger partial charge in [0.15, 0.2) is 0 Å². The average Bonchev–Trinajstić information content (AvgIpc) is 2.25. The Bertz CT molecular complexity index is 185. The minimum absolute atomic E-state index is 0.945. The summed E-state index contributed by atoms with van der Waals surface area (Å²) in [5, 5.41) is 1.17. The van der Waals surface area contributed by atoms with Gasteiger partial charge < -0.3 is 4.90 Å². The van der Waals surface area contributed by atoms with Gasteiger partial charge in [-0.3, -0.25) is 0 Å². The quantitative estimate of drug-likeness (QED) is 0.662. The largest absolute Gasteiger partial charge is 0.300 e. The first-order chi connectivity index (χ1) is 7.90. The van der Waals surface area contributed by atoms with E-state index >= 15 is 0 Å². The van der Waals surface area contributed by atoms with Crippen molar-refractivity contribution in [2.45, 2.75) is 63.8 Å². The molecule has 0 aromatic rings. The summed E-state index contributed by atoms with van der Waals surface area (Å²) in [6.07, 6.45) is 13.2. The highest BCUT2D eigenvalue weighted by atomic mass is 79.9. The van der Waals surface area contributed by atoms with Crippen molar-refractivity contribution >= 4 is 15.9 Å². The van der Waals surface area contributed by atoms with Crippen LogP contribution in [0.15, 0.2) is 0 Å². The smallest absolute Gasteiger partial charge is 0.00953 e. The molecule has 0 N–H and O–H groups in total. The van der Waals surface area contributed by atoms with E-state index in [2.05, 4.69) is 20.8 Å². The van der Waals surface area contributed by atoms with Crippen molar-refractivity contribution in [1.29, 1.82) is 0 Å². The third-order valence-corrected chi connectivity index (χ3v) is 4.95. The highest BCUT2D eigenvalue weighted by molar-refractivity contribution is 9.09. The van der Waals surface area contributed by atoms with Gasteiger partial charge in [0.1, 0.15) is 0 Å². The molecule has 94 valence electrons. The summed E-state index contributed by atoms with van der Waals surface area (Å²) < 4.78 is 0. The van der Waals surface area contributed by atoms with Crippen molar-refractivity contribution in [3.8, 4) is 0 Å². The van der Waals surface area contributed by atoms with Crippen molar-refractivity contribution in [3.05, 3.63) is 0 Å². The molecule has 2 heteroatoms. The first-order valence-electron chi connectivity index (χ1n) is 7.20. The van der Waals surface area contributed by atoms with E-state index in [-0.39, 0.29) is 0 Å². The van der Waals surface area contributed by atoms with Gasteiger partial charge in [-0.25, -0.2) is 0 Å². The molecule has 0 aromatic carbocycles. The summed E-state index contributed by atoms with van der Waals surface area (Å²) in [6, 6.07) is 0.945. The Labute approximate surface area is 109 Å². The van der Waals surface area contributed by atoms with Crippen molar-refractivity contribution in [1.82, 2.24) is 4.90 Å². The fourth-order valence-electron chi connectivity index (χ4n) is 3.14.